The number of imidazole rings is 1. The largest absolute Gasteiger partial charge is 0.328 e. The van der Waals surface area contributed by atoms with E-state index >= 15 is 0 Å². The summed E-state index contributed by atoms with van der Waals surface area (Å²) in [7, 11) is 0. The summed E-state index contributed by atoms with van der Waals surface area (Å²) < 4.78 is 2.58. The predicted octanol–water partition coefficient (Wildman–Crippen LogP) is 1.54. The van der Waals surface area contributed by atoms with Gasteiger partial charge >= 0.3 is 6.03 Å². The summed E-state index contributed by atoms with van der Waals surface area (Å²) in [6.45, 7) is 0.395. The molecule has 0 saturated carbocycles. The molecule has 1 aliphatic heterocycles. The number of aromatic nitrogens is 2. The number of fused-ring (bicyclic) bond motifs is 1. The molecule has 3 heterocycles. The highest BCUT2D eigenvalue weighted by atomic mass is 79.9. The molecule has 6 nitrogen and oxygen atoms in total. The highest BCUT2D eigenvalue weighted by Crippen LogP contribution is 2.22. The summed E-state index contributed by atoms with van der Waals surface area (Å²) in [5, 5.41) is 2.30. The van der Waals surface area contributed by atoms with Gasteiger partial charge < -0.3 is 4.40 Å². The fraction of sp³-hybridized carbons (Fsp3) is 0.182. The lowest BCUT2D eigenvalue weighted by atomic mass is 10.2. The Bertz CT molecular complexity index is 652. The summed E-state index contributed by atoms with van der Waals surface area (Å²) in [6.07, 6.45) is 3.79. The Labute approximate surface area is 111 Å². The smallest absolute Gasteiger partial charge is 0.303 e. The Hall–Kier alpha value is -1.89. The minimum Gasteiger partial charge on any atom is -0.303 e. The van der Waals surface area contributed by atoms with E-state index in [0.717, 1.165) is 15.8 Å². The summed E-state index contributed by atoms with van der Waals surface area (Å²) in [5.41, 5.74) is 1.66. The SMILES string of the molecule is O=C1CCN(c2ccc3c(Br)ncn3c2)C(=O)N1. The van der Waals surface area contributed by atoms with Crippen LogP contribution in [0.2, 0.25) is 0 Å². The molecule has 0 unspecified atom stereocenters. The molecule has 92 valence electrons. The number of hydrogen-bond donors (Lipinski definition) is 1. The van der Waals surface area contributed by atoms with Crippen LogP contribution >= 0.6 is 15.9 Å². The third kappa shape index (κ3) is 1.76. The number of pyridine rings is 1. The van der Waals surface area contributed by atoms with Crippen molar-refractivity contribution < 1.29 is 9.59 Å². The van der Waals surface area contributed by atoms with Gasteiger partial charge in [-0.2, -0.15) is 0 Å². The van der Waals surface area contributed by atoms with Gasteiger partial charge in [0.25, 0.3) is 0 Å². The summed E-state index contributed by atoms with van der Waals surface area (Å²) in [6, 6.07) is 3.32. The second-order valence-electron chi connectivity index (χ2n) is 3.97. The van der Waals surface area contributed by atoms with Crippen LogP contribution in [0.25, 0.3) is 5.52 Å². The third-order valence-corrected chi connectivity index (χ3v) is 3.44. The van der Waals surface area contributed by atoms with E-state index in [-0.39, 0.29) is 11.9 Å². The number of carbonyl (C=O) groups excluding carboxylic acids is 2. The van der Waals surface area contributed by atoms with Gasteiger partial charge in [-0.05, 0) is 28.1 Å². The van der Waals surface area contributed by atoms with Gasteiger partial charge in [0, 0.05) is 19.2 Å². The van der Waals surface area contributed by atoms with Crippen molar-refractivity contribution in [3.63, 3.8) is 0 Å². The number of halogens is 1. The van der Waals surface area contributed by atoms with E-state index in [9.17, 15) is 9.59 Å². The number of urea groups is 1. The van der Waals surface area contributed by atoms with E-state index in [0.29, 0.717) is 13.0 Å². The molecular formula is C11H9BrN4O2. The molecule has 2 aromatic heterocycles. The normalized spacial score (nSPS) is 16.2. The molecule has 7 heteroatoms. The molecule has 1 saturated heterocycles. The van der Waals surface area contributed by atoms with Crippen LogP contribution in [0.5, 0.6) is 0 Å². The second-order valence-corrected chi connectivity index (χ2v) is 4.72. The molecule has 0 aromatic carbocycles. The van der Waals surface area contributed by atoms with Crippen LogP contribution in [0, 0.1) is 0 Å². The fourth-order valence-electron chi connectivity index (χ4n) is 1.93. The van der Waals surface area contributed by atoms with Gasteiger partial charge in [-0.25, -0.2) is 9.78 Å². The number of rotatable bonds is 1. The average molecular weight is 309 g/mol. The number of amides is 3. The van der Waals surface area contributed by atoms with Crippen molar-refractivity contribution >= 4 is 39.1 Å². The molecule has 18 heavy (non-hydrogen) atoms. The van der Waals surface area contributed by atoms with E-state index in [2.05, 4.69) is 26.2 Å². The van der Waals surface area contributed by atoms with Crippen molar-refractivity contribution in [3.05, 3.63) is 29.3 Å². The van der Waals surface area contributed by atoms with Crippen molar-refractivity contribution in [1.29, 1.82) is 0 Å². The van der Waals surface area contributed by atoms with E-state index < -0.39 is 0 Å². The van der Waals surface area contributed by atoms with Gasteiger partial charge in [0.05, 0.1) is 11.2 Å². The first kappa shape index (κ1) is 11.2. The second kappa shape index (κ2) is 4.09. The maximum atomic E-state index is 11.7. The van der Waals surface area contributed by atoms with Crippen LogP contribution in [0.3, 0.4) is 0 Å². The van der Waals surface area contributed by atoms with Crippen molar-refractivity contribution in [2.45, 2.75) is 6.42 Å². The Kier molecular flexibility index (Phi) is 2.55. The van der Waals surface area contributed by atoms with E-state index in [4.69, 9.17) is 0 Å². The molecular weight excluding hydrogens is 300 g/mol. The van der Waals surface area contributed by atoms with Crippen LogP contribution < -0.4 is 10.2 Å². The lowest BCUT2D eigenvalue weighted by molar-refractivity contribution is -0.120. The quantitative estimate of drug-likeness (QED) is 0.869. The molecule has 1 aliphatic rings. The van der Waals surface area contributed by atoms with Crippen LogP contribution in [-0.2, 0) is 4.79 Å². The van der Waals surface area contributed by atoms with Crippen molar-refractivity contribution in [2.24, 2.45) is 0 Å². The van der Waals surface area contributed by atoms with Crippen LogP contribution in [0.15, 0.2) is 29.3 Å². The van der Waals surface area contributed by atoms with Crippen LogP contribution in [-0.4, -0.2) is 27.9 Å². The van der Waals surface area contributed by atoms with Crippen LogP contribution in [0.1, 0.15) is 6.42 Å². The molecule has 1 N–H and O–H groups in total. The fourth-order valence-corrected chi connectivity index (χ4v) is 2.35. The monoisotopic (exact) mass is 308 g/mol. The number of nitrogens with one attached hydrogen (secondary N) is 1. The third-order valence-electron chi connectivity index (χ3n) is 2.83. The van der Waals surface area contributed by atoms with Gasteiger partial charge in [-0.15, -0.1) is 0 Å². The first-order valence-electron chi connectivity index (χ1n) is 5.39. The molecule has 1 fully saturated rings. The summed E-state index contributed by atoms with van der Waals surface area (Å²) in [4.78, 5) is 28.4. The maximum Gasteiger partial charge on any atom is 0.328 e. The highest BCUT2D eigenvalue weighted by Gasteiger charge is 2.24. The Morgan fingerprint density at radius 1 is 1.33 bits per heavy atom. The lowest BCUT2D eigenvalue weighted by Crippen LogP contribution is -2.49. The molecule has 0 aliphatic carbocycles. The maximum absolute atomic E-state index is 11.7. The minimum absolute atomic E-state index is 0.234. The van der Waals surface area contributed by atoms with Gasteiger partial charge in [-0.1, -0.05) is 0 Å². The highest BCUT2D eigenvalue weighted by molar-refractivity contribution is 9.10. The standard InChI is InChI=1S/C11H9BrN4O2/c12-10-8-2-1-7(5-15(8)6-13-10)16-4-3-9(17)14-11(16)18/h1-2,5-6H,3-4H2,(H,14,17,18). The molecule has 0 spiro atoms. The van der Waals surface area contributed by atoms with Crippen molar-refractivity contribution in [3.8, 4) is 0 Å². The van der Waals surface area contributed by atoms with Crippen LogP contribution in [0.4, 0.5) is 10.5 Å². The summed E-state index contributed by atoms with van der Waals surface area (Å²) in [5.74, 6) is -0.234. The van der Waals surface area contributed by atoms with Gasteiger partial charge in [0.1, 0.15) is 10.9 Å². The average Bonchev–Trinajstić information content (AvgIpc) is 2.71. The number of hydrogen-bond acceptors (Lipinski definition) is 3. The molecule has 0 atom stereocenters. The molecule has 0 radical (unpaired) electrons. The molecule has 3 amide bonds. The first-order valence-corrected chi connectivity index (χ1v) is 6.18. The molecule has 0 bridgehead atoms. The number of imide groups is 1. The predicted molar refractivity (Wildman–Crippen MR) is 68.4 cm³/mol. The Morgan fingerprint density at radius 3 is 2.94 bits per heavy atom. The van der Waals surface area contributed by atoms with E-state index in [1.54, 1.807) is 6.33 Å². The topological polar surface area (TPSA) is 66.7 Å². The Balaban J connectivity index is 1.99. The number of carbonyl (C=O) groups is 2. The van der Waals surface area contributed by atoms with Crippen molar-refractivity contribution in [1.82, 2.24) is 14.7 Å². The van der Waals surface area contributed by atoms with Crippen molar-refractivity contribution in [2.75, 3.05) is 11.4 Å². The zero-order valence-electron chi connectivity index (χ0n) is 9.26. The minimum atomic E-state index is -0.384. The molecule has 2 aromatic rings. The van der Waals surface area contributed by atoms with Gasteiger partial charge in [0.2, 0.25) is 5.91 Å². The molecule has 3 rings (SSSR count). The zero-order valence-corrected chi connectivity index (χ0v) is 10.8. The first-order chi connectivity index (χ1) is 8.65. The van der Waals surface area contributed by atoms with Gasteiger partial charge in [0.15, 0.2) is 0 Å². The lowest BCUT2D eigenvalue weighted by Gasteiger charge is -2.26. The Morgan fingerprint density at radius 2 is 2.17 bits per heavy atom. The number of anilines is 1. The summed E-state index contributed by atoms with van der Waals surface area (Å²) >= 11 is 3.34. The van der Waals surface area contributed by atoms with Gasteiger partial charge in [-0.3, -0.25) is 15.0 Å². The number of nitrogens with zero attached hydrogens (tertiary/aromatic N) is 3. The zero-order chi connectivity index (χ0) is 12.7. The van der Waals surface area contributed by atoms with E-state index in [1.165, 1.54) is 4.90 Å². The van der Waals surface area contributed by atoms with E-state index in [1.807, 2.05) is 22.7 Å².